The minimum Gasteiger partial charge on any atom is -0.329 e. The lowest BCUT2D eigenvalue weighted by molar-refractivity contribution is -0.118. The first-order valence-corrected chi connectivity index (χ1v) is 8.81. The second-order valence-electron chi connectivity index (χ2n) is 6.74. The summed E-state index contributed by atoms with van der Waals surface area (Å²) in [6, 6.07) is 17.4. The van der Waals surface area contributed by atoms with Crippen molar-refractivity contribution in [3.8, 4) is 0 Å². The van der Waals surface area contributed by atoms with Crippen LogP contribution in [0, 0.1) is 0 Å². The van der Waals surface area contributed by atoms with E-state index in [1.165, 1.54) is 5.56 Å². The lowest BCUT2D eigenvalue weighted by atomic mass is 10.0. The summed E-state index contributed by atoms with van der Waals surface area (Å²) in [7, 11) is 0. The summed E-state index contributed by atoms with van der Waals surface area (Å²) in [4.78, 5) is 28.8. The molecular weight excluding hydrogens is 312 g/mol. The molecule has 0 saturated carbocycles. The van der Waals surface area contributed by atoms with Gasteiger partial charge in [-0.2, -0.15) is 0 Å². The maximum atomic E-state index is 12.8. The molecule has 25 heavy (non-hydrogen) atoms. The Kier molecular flexibility index (Phi) is 5.17. The molecule has 0 spiro atoms. The average Bonchev–Trinajstić information content (AvgIpc) is 2.83. The number of para-hydroxylation sites is 1. The number of benzene rings is 2. The predicted molar refractivity (Wildman–Crippen MR) is 99.8 cm³/mol. The number of carbonyl (C=O) groups is 2. The van der Waals surface area contributed by atoms with Crippen LogP contribution in [0.5, 0.6) is 0 Å². The van der Waals surface area contributed by atoms with Gasteiger partial charge in [-0.05, 0) is 42.2 Å². The second-order valence-corrected chi connectivity index (χ2v) is 6.74. The average molecular weight is 336 g/mol. The van der Waals surface area contributed by atoms with Gasteiger partial charge in [0.1, 0.15) is 6.54 Å². The highest BCUT2D eigenvalue weighted by atomic mass is 16.2. The zero-order chi connectivity index (χ0) is 17.8. The van der Waals surface area contributed by atoms with Crippen LogP contribution < -0.4 is 4.90 Å². The molecule has 4 heteroatoms. The molecule has 0 aliphatic carbocycles. The van der Waals surface area contributed by atoms with Crippen LogP contribution in [0.3, 0.4) is 0 Å². The summed E-state index contributed by atoms with van der Waals surface area (Å²) in [6.45, 7) is 5.61. The van der Waals surface area contributed by atoms with Crippen molar-refractivity contribution >= 4 is 17.5 Å². The number of carbonyl (C=O) groups excluding carboxylic acids is 2. The Bertz CT molecular complexity index is 738. The van der Waals surface area contributed by atoms with Crippen LogP contribution in [0.2, 0.25) is 0 Å². The topological polar surface area (TPSA) is 40.6 Å². The fraction of sp³-hybridized carbons (Fsp3) is 0.333. The van der Waals surface area contributed by atoms with Crippen LogP contribution in [-0.2, 0) is 4.79 Å². The van der Waals surface area contributed by atoms with Gasteiger partial charge < -0.3 is 9.80 Å². The van der Waals surface area contributed by atoms with Crippen LogP contribution in [0.4, 0.5) is 5.69 Å². The van der Waals surface area contributed by atoms with E-state index in [0.29, 0.717) is 24.6 Å². The molecule has 3 rings (SSSR count). The van der Waals surface area contributed by atoms with Gasteiger partial charge in [0.25, 0.3) is 5.91 Å². The van der Waals surface area contributed by atoms with Gasteiger partial charge in [0.05, 0.1) is 0 Å². The number of anilines is 1. The Morgan fingerprint density at radius 1 is 0.960 bits per heavy atom. The highest BCUT2D eigenvalue weighted by Gasteiger charge is 2.26. The van der Waals surface area contributed by atoms with Crippen LogP contribution in [0.25, 0.3) is 0 Å². The van der Waals surface area contributed by atoms with Crippen molar-refractivity contribution in [1.82, 2.24) is 4.90 Å². The summed E-state index contributed by atoms with van der Waals surface area (Å²) in [5.41, 5.74) is 2.74. The van der Waals surface area contributed by atoms with E-state index in [1.54, 1.807) is 9.80 Å². The minimum absolute atomic E-state index is 0.0316. The van der Waals surface area contributed by atoms with Gasteiger partial charge in [-0.3, -0.25) is 9.59 Å². The number of hydrogen-bond acceptors (Lipinski definition) is 2. The molecule has 130 valence electrons. The van der Waals surface area contributed by atoms with Gasteiger partial charge in [-0.25, -0.2) is 0 Å². The van der Waals surface area contributed by atoms with E-state index in [-0.39, 0.29) is 18.4 Å². The van der Waals surface area contributed by atoms with E-state index in [1.807, 2.05) is 54.6 Å². The molecule has 1 saturated heterocycles. The van der Waals surface area contributed by atoms with Crippen molar-refractivity contribution in [1.29, 1.82) is 0 Å². The summed E-state index contributed by atoms with van der Waals surface area (Å²) in [5, 5.41) is 0. The largest absolute Gasteiger partial charge is 0.329 e. The zero-order valence-corrected chi connectivity index (χ0v) is 14.8. The fourth-order valence-electron chi connectivity index (χ4n) is 3.12. The van der Waals surface area contributed by atoms with E-state index < -0.39 is 0 Å². The van der Waals surface area contributed by atoms with Crippen molar-refractivity contribution in [2.45, 2.75) is 26.2 Å². The monoisotopic (exact) mass is 336 g/mol. The molecule has 1 aliphatic rings. The first-order valence-electron chi connectivity index (χ1n) is 8.81. The number of hydrogen-bond donors (Lipinski definition) is 0. The van der Waals surface area contributed by atoms with Gasteiger partial charge in [0, 0.05) is 24.3 Å². The molecule has 0 bridgehead atoms. The number of amides is 2. The third-order valence-electron chi connectivity index (χ3n) is 4.62. The van der Waals surface area contributed by atoms with E-state index >= 15 is 0 Å². The molecule has 0 atom stereocenters. The van der Waals surface area contributed by atoms with Crippen LogP contribution in [0.1, 0.15) is 42.1 Å². The standard InChI is InChI=1S/C21H24N2O2/c1-16(2)17-9-11-18(12-10-17)21(25)22-13-6-14-23(20(24)15-22)19-7-4-3-5-8-19/h3-5,7-12,16H,6,13-15H2,1-2H3. The molecule has 0 radical (unpaired) electrons. The van der Waals surface area contributed by atoms with Crippen molar-refractivity contribution < 1.29 is 9.59 Å². The maximum absolute atomic E-state index is 12.8. The van der Waals surface area contributed by atoms with Crippen LogP contribution in [0.15, 0.2) is 54.6 Å². The molecule has 1 fully saturated rings. The normalized spacial score (nSPS) is 15.4. The van der Waals surface area contributed by atoms with Gasteiger partial charge >= 0.3 is 0 Å². The summed E-state index contributed by atoms with van der Waals surface area (Å²) in [6.07, 6.45) is 0.774. The Morgan fingerprint density at radius 2 is 1.64 bits per heavy atom. The van der Waals surface area contributed by atoms with Gasteiger partial charge in [-0.15, -0.1) is 0 Å². The summed E-state index contributed by atoms with van der Waals surface area (Å²) < 4.78 is 0. The van der Waals surface area contributed by atoms with E-state index in [2.05, 4.69) is 13.8 Å². The highest BCUT2D eigenvalue weighted by Crippen LogP contribution is 2.19. The molecule has 0 unspecified atom stereocenters. The van der Waals surface area contributed by atoms with Crippen LogP contribution in [-0.4, -0.2) is 36.3 Å². The van der Waals surface area contributed by atoms with Crippen molar-refractivity contribution in [3.63, 3.8) is 0 Å². The lowest BCUT2D eigenvalue weighted by Gasteiger charge is -2.22. The molecule has 0 N–H and O–H groups in total. The van der Waals surface area contributed by atoms with E-state index in [4.69, 9.17) is 0 Å². The fourth-order valence-corrected chi connectivity index (χ4v) is 3.12. The quantitative estimate of drug-likeness (QED) is 0.858. The molecule has 2 aromatic rings. The summed E-state index contributed by atoms with van der Waals surface area (Å²) in [5.74, 6) is 0.331. The number of nitrogens with zero attached hydrogens (tertiary/aromatic N) is 2. The van der Waals surface area contributed by atoms with Crippen molar-refractivity contribution in [2.75, 3.05) is 24.5 Å². The Balaban J connectivity index is 1.73. The minimum atomic E-state index is -0.0708. The van der Waals surface area contributed by atoms with Crippen molar-refractivity contribution in [2.24, 2.45) is 0 Å². The first kappa shape index (κ1) is 17.2. The molecule has 0 aromatic heterocycles. The van der Waals surface area contributed by atoms with E-state index in [9.17, 15) is 9.59 Å². The zero-order valence-electron chi connectivity index (χ0n) is 14.8. The molecule has 4 nitrogen and oxygen atoms in total. The predicted octanol–water partition coefficient (Wildman–Crippen LogP) is 3.69. The molecule has 1 aliphatic heterocycles. The number of rotatable bonds is 3. The Labute approximate surface area is 149 Å². The van der Waals surface area contributed by atoms with Gasteiger partial charge in [0.15, 0.2) is 0 Å². The first-order chi connectivity index (χ1) is 12.1. The third-order valence-corrected chi connectivity index (χ3v) is 4.62. The Morgan fingerprint density at radius 3 is 2.28 bits per heavy atom. The van der Waals surface area contributed by atoms with Crippen LogP contribution >= 0.6 is 0 Å². The molecule has 1 heterocycles. The smallest absolute Gasteiger partial charge is 0.254 e. The SMILES string of the molecule is CC(C)c1ccc(C(=O)N2CCCN(c3ccccc3)C(=O)C2)cc1. The maximum Gasteiger partial charge on any atom is 0.254 e. The Hall–Kier alpha value is -2.62. The lowest BCUT2D eigenvalue weighted by Crippen LogP contribution is -2.39. The third kappa shape index (κ3) is 3.90. The summed E-state index contributed by atoms with van der Waals surface area (Å²) >= 11 is 0. The second kappa shape index (κ2) is 7.51. The molecule has 2 aromatic carbocycles. The highest BCUT2D eigenvalue weighted by molar-refractivity contribution is 6.00. The van der Waals surface area contributed by atoms with Crippen molar-refractivity contribution in [3.05, 3.63) is 65.7 Å². The van der Waals surface area contributed by atoms with Gasteiger partial charge in [-0.1, -0.05) is 44.2 Å². The van der Waals surface area contributed by atoms with E-state index in [0.717, 1.165) is 12.1 Å². The van der Waals surface area contributed by atoms with Gasteiger partial charge in [0.2, 0.25) is 5.91 Å². The molecule has 2 amide bonds. The molecular formula is C21H24N2O2.